The van der Waals surface area contributed by atoms with E-state index in [1.807, 2.05) is 13.8 Å². The molecule has 1 aliphatic heterocycles. The highest BCUT2D eigenvalue weighted by molar-refractivity contribution is 5.96. The van der Waals surface area contributed by atoms with Crippen molar-refractivity contribution < 1.29 is 39.0 Å². The van der Waals surface area contributed by atoms with Crippen LogP contribution in [0, 0.1) is 11.8 Å². The summed E-state index contributed by atoms with van der Waals surface area (Å²) in [5.41, 5.74) is 6.57. The number of aliphatic hydroxyl groups is 1. The number of carbonyl (C=O) groups excluding carboxylic acids is 5. The molecule has 0 unspecified atom stereocenters. The number of carboxylic acids is 1. The zero-order chi connectivity index (χ0) is 33.1. The minimum atomic E-state index is -1.43. The van der Waals surface area contributed by atoms with Crippen LogP contribution in [0.4, 0.5) is 0 Å². The summed E-state index contributed by atoms with van der Waals surface area (Å²) in [7, 11) is 0. The van der Waals surface area contributed by atoms with E-state index in [-0.39, 0.29) is 25.3 Å². The summed E-state index contributed by atoms with van der Waals surface area (Å²) in [6.45, 7) is 7.85. The van der Waals surface area contributed by atoms with Crippen LogP contribution in [-0.4, -0.2) is 110 Å². The Morgan fingerprint density at radius 1 is 1.00 bits per heavy atom. The third-order valence-electron chi connectivity index (χ3n) is 7.29. The SMILES string of the molecule is CC(C)C[C@H](N)C(=O)N[C@@H](Cc1cnc[nH]1)C(=O)N[C@H](C(=O)N[C@@H](CO)C(=O)N1CCC[C@H]1C(=O)N[C@@H](C)C(=O)O)C(C)C. The average molecular weight is 623 g/mol. The molecule has 246 valence electrons. The van der Waals surface area contributed by atoms with E-state index in [9.17, 15) is 33.9 Å². The number of aliphatic hydroxyl groups excluding tert-OH is 1. The maximum absolute atomic E-state index is 13.4. The largest absolute Gasteiger partial charge is 0.480 e. The highest BCUT2D eigenvalue weighted by Gasteiger charge is 2.39. The molecule has 0 spiro atoms. The van der Waals surface area contributed by atoms with Crippen LogP contribution in [0.25, 0.3) is 0 Å². The molecule has 0 radical (unpaired) electrons. The second kappa shape index (κ2) is 16.7. The molecule has 44 heavy (non-hydrogen) atoms. The van der Waals surface area contributed by atoms with E-state index in [4.69, 9.17) is 10.8 Å². The van der Waals surface area contributed by atoms with Crippen molar-refractivity contribution in [2.45, 2.75) is 96.6 Å². The van der Waals surface area contributed by atoms with Gasteiger partial charge in [0.25, 0.3) is 0 Å². The Bertz CT molecular complexity index is 1160. The molecular formula is C28H46N8O8. The van der Waals surface area contributed by atoms with Crippen molar-refractivity contribution in [3.63, 3.8) is 0 Å². The number of aromatic nitrogens is 2. The van der Waals surface area contributed by atoms with Crippen LogP contribution < -0.4 is 27.0 Å². The quantitative estimate of drug-likeness (QED) is 0.101. The lowest BCUT2D eigenvalue weighted by Gasteiger charge is -2.30. The molecule has 9 N–H and O–H groups in total. The number of carboxylic acid groups (broad SMARTS) is 1. The number of aromatic amines is 1. The lowest BCUT2D eigenvalue weighted by molar-refractivity contribution is -0.145. The smallest absolute Gasteiger partial charge is 0.325 e. The van der Waals surface area contributed by atoms with E-state index >= 15 is 0 Å². The molecule has 0 saturated carbocycles. The molecule has 1 saturated heterocycles. The molecule has 1 aromatic rings. The number of aliphatic carboxylic acids is 1. The summed E-state index contributed by atoms with van der Waals surface area (Å²) < 4.78 is 0. The Morgan fingerprint density at radius 2 is 1.66 bits per heavy atom. The van der Waals surface area contributed by atoms with Crippen molar-refractivity contribution >= 4 is 35.5 Å². The molecule has 1 aromatic heterocycles. The number of hydrogen-bond acceptors (Lipinski definition) is 9. The molecule has 0 aliphatic carbocycles. The van der Waals surface area contributed by atoms with Gasteiger partial charge in [-0.3, -0.25) is 28.8 Å². The first kappa shape index (κ1) is 36.1. The van der Waals surface area contributed by atoms with Crippen molar-refractivity contribution in [1.29, 1.82) is 0 Å². The van der Waals surface area contributed by atoms with Gasteiger partial charge in [-0.2, -0.15) is 0 Å². The second-order valence-electron chi connectivity index (χ2n) is 11.8. The van der Waals surface area contributed by atoms with Crippen LogP contribution >= 0.6 is 0 Å². The summed E-state index contributed by atoms with van der Waals surface area (Å²) in [6, 6.07) is -6.69. The molecule has 2 heterocycles. The predicted octanol–water partition coefficient (Wildman–Crippen LogP) is -1.99. The van der Waals surface area contributed by atoms with Gasteiger partial charge in [-0.05, 0) is 38.0 Å². The standard InChI is InChI=1S/C28H46N8O8/c1-14(2)9-18(29)23(38)33-19(10-17-11-30-13-31-17)24(39)35-22(15(3)4)26(41)34-20(12-37)27(42)36-8-6-7-21(36)25(40)32-16(5)28(43)44/h11,13-16,18-22,37H,6-10,12,29H2,1-5H3,(H,30,31)(H,32,40)(H,33,38)(H,34,41)(H,35,39)(H,43,44)/t16-,18-,19-,20-,21-,22-/m0/s1. The molecule has 1 fully saturated rings. The van der Waals surface area contributed by atoms with Gasteiger partial charge >= 0.3 is 5.97 Å². The Kier molecular flexibility index (Phi) is 13.7. The Hall–Kier alpha value is -4.05. The van der Waals surface area contributed by atoms with E-state index in [1.165, 1.54) is 24.3 Å². The fraction of sp³-hybridized carbons (Fsp3) is 0.679. The number of amides is 5. The van der Waals surface area contributed by atoms with Gasteiger partial charge in [0.2, 0.25) is 29.5 Å². The van der Waals surface area contributed by atoms with Gasteiger partial charge in [0.1, 0.15) is 30.2 Å². The molecule has 6 atom stereocenters. The van der Waals surface area contributed by atoms with Crippen molar-refractivity contribution in [3.8, 4) is 0 Å². The van der Waals surface area contributed by atoms with Crippen molar-refractivity contribution in [3.05, 3.63) is 18.2 Å². The van der Waals surface area contributed by atoms with E-state index in [0.29, 0.717) is 18.5 Å². The summed E-state index contributed by atoms with van der Waals surface area (Å²) in [6.07, 6.45) is 4.11. The second-order valence-corrected chi connectivity index (χ2v) is 11.8. The minimum absolute atomic E-state index is 0.0368. The zero-order valence-corrected chi connectivity index (χ0v) is 25.8. The van der Waals surface area contributed by atoms with E-state index in [0.717, 1.165) is 0 Å². The third kappa shape index (κ3) is 10.3. The van der Waals surface area contributed by atoms with Crippen molar-refractivity contribution in [2.24, 2.45) is 17.6 Å². The molecule has 5 amide bonds. The van der Waals surface area contributed by atoms with Crippen molar-refractivity contribution in [1.82, 2.24) is 36.1 Å². The van der Waals surface area contributed by atoms with Crippen LogP contribution in [0.15, 0.2) is 12.5 Å². The number of nitrogens with two attached hydrogens (primary N) is 1. The van der Waals surface area contributed by atoms with Gasteiger partial charge in [-0.25, -0.2) is 4.98 Å². The van der Waals surface area contributed by atoms with Crippen LogP contribution in [0.1, 0.15) is 59.6 Å². The van der Waals surface area contributed by atoms with Gasteiger partial charge in [-0.1, -0.05) is 27.7 Å². The number of imidazole rings is 1. The molecule has 1 aliphatic rings. The molecular weight excluding hydrogens is 576 g/mol. The van der Waals surface area contributed by atoms with Gasteiger partial charge in [0.05, 0.1) is 19.0 Å². The molecule has 2 rings (SSSR count). The maximum Gasteiger partial charge on any atom is 0.325 e. The van der Waals surface area contributed by atoms with Crippen LogP contribution in [0.3, 0.4) is 0 Å². The van der Waals surface area contributed by atoms with Crippen LogP contribution in [-0.2, 0) is 35.2 Å². The first-order chi connectivity index (χ1) is 20.7. The first-order valence-corrected chi connectivity index (χ1v) is 14.7. The summed E-state index contributed by atoms with van der Waals surface area (Å²) >= 11 is 0. The number of hydrogen-bond donors (Lipinski definition) is 8. The minimum Gasteiger partial charge on any atom is -0.480 e. The summed E-state index contributed by atoms with van der Waals surface area (Å²) in [4.78, 5) is 84.7. The molecule has 16 nitrogen and oxygen atoms in total. The Balaban J connectivity index is 2.15. The van der Waals surface area contributed by atoms with E-state index in [1.54, 1.807) is 13.8 Å². The van der Waals surface area contributed by atoms with Gasteiger partial charge in [0.15, 0.2) is 0 Å². The maximum atomic E-state index is 13.4. The van der Waals surface area contributed by atoms with Crippen LogP contribution in [0.2, 0.25) is 0 Å². The van der Waals surface area contributed by atoms with Gasteiger partial charge in [0, 0.05) is 24.9 Å². The Labute approximate surface area is 256 Å². The highest BCUT2D eigenvalue weighted by Crippen LogP contribution is 2.19. The number of rotatable bonds is 16. The Morgan fingerprint density at radius 3 is 2.20 bits per heavy atom. The monoisotopic (exact) mass is 622 g/mol. The number of nitrogens with zero attached hydrogens (tertiary/aromatic N) is 2. The number of likely N-dealkylation sites (tertiary alicyclic amines) is 1. The fourth-order valence-corrected chi connectivity index (χ4v) is 4.83. The highest BCUT2D eigenvalue weighted by atomic mass is 16.4. The number of nitrogens with one attached hydrogen (secondary N) is 5. The van der Waals surface area contributed by atoms with Gasteiger partial charge < -0.3 is 47.1 Å². The summed E-state index contributed by atoms with van der Waals surface area (Å²) in [5.74, 6) is -4.90. The molecule has 16 heteroatoms. The van der Waals surface area contributed by atoms with Crippen LogP contribution in [0.5, 0.6) is 0 Å². The topological polar surface area (TPSA) is 249 Å². The normalized spacial score (nSPS) is 18.2. The molecule has 0 bridgehead atoms. The van der Waals surface area contributed by atoms with E-state index < -0.39 is 84.3 Å². The lowest BCUT2D eigenvalue weighted by atomic mass is 10.0. The van der Waals surface area contributed by atoms with Crippen molar-refractivity contribution in [2.75, 3.05) is 13.2 Å². The zero-order valence-electron chi connectivity index (χ0n) is 25.8. The number of carbonyl (C=O) groups is 6. The summed E-state index contributed by atoms with van der Waals surface area (Å²) in [5, 5.41) is 29.2. The third-order valence-corrected chi connectivity index (χ3v) is 7.29. The average Bonchev–Trinajstić information content (AvgIpc) is 3.65. The van der Waals surface area contributed by atoms with E-state index in [2.05, 4.69) is 31.2 Å². The first-order valence-electron chi connectivity index (χ1n) is 14.7. The molecule has 0 aromatic carbocycles. The number of H-pyrrole nitrogens is 1. The fourth-order valence-electron chi connectivity index (χ4n) is 4.83. The lowest BCUT2D eigenvalue weighted by Crippen LogP contribution is -2.61. The predicted molar refractivity (Wildman–Crippen MR) is 157 cm³/mol. The van der Waals surface area contributed by atoms with Gasteiger partial charge in [-0.15, -0.1) is 0 Å².